The molecule has 2 amide bonds. The van der Waals surface area contributed by atoms with E-state index < -0.39 is 0 Å². The number of piperidine rings is 2. The van der Waals surface area contributed by atoms with Gasteiger partial charge in [-0.2, -0.15) is 0 Å². The van der Waals surface area contributed by atoms with Gasteiger partial charge in [-0.15, -0.1) is 0 Å². The first-order valence-electron chi connectivity index (χ1n) is 10.0. The van der Waals surface area contributed by atoms with E-state index >= 15 is 0 Å². The normalized spacial score (nSPS) is 24.3. The van der Waals surface area contributed by atoms with Gasteiger partial charge in [0.15, 0.2) is 0 Å². The summed E-state index contributed by atoms with van der Waals surface area (Å²) >= 11 is 0. The Labute approximate surface area is 155 Å². The van der Waals surface area contributed by atoms with Crippen molar-refractivity contribution >= 4 is 11.8 Å². The zero-order chi connectivity index (χ0) is 18.0. The summed E-state index contributed by atoms with van der Waals surface area (Å²) in [5.41, 5.74) is 2.08. The number of amides is 2. The van der Waals surface area contributed by atoms with Gasteiger partial charge in [0.05, 0.1) is 0 Å². The Morgan fingerprint density at radius 3 is 2.46 bits per heavy atom. The van der Waals surface area contributed by atoms with Crippen molar-refractivity contribution < 1.29 is 9.59 Å². The number of nitrogens with one attached hydrogen (secondary N) is 2. The number of hydrogen-bond acceptors (Lipinski definition) is 3. The highest BCUT2D eigenvalue weighted by molar-refractivity contribution is 5.94. The molecule has 0 aromatic heterocycles. The maximum Gasteiger partial charge on any atom is 0.253 e. The molecule has 4 rings (SSSR count). The maximum absolute atomic E-state index is 12.5. The molecule has 3 fully saturated rings. The topological polar surface area (TPSA) is 61.4 Å². The highest BCUT2D eigenvalue weighted by atomic mass is 16.2. The van der Waals surface area contributed by atoms with Crippen LogP contribution in [0.3, 0.4) is 0 Å². The third-order valence-corrected chi connectivity index (χ3v) is 6.42. The monoisotopic (exact) mass is 355 g/mol. The van der Waals surface area contributed by atoms with Crippen molar-refractivity contribution in [3.05, 3.63) is 35.4 Å². The van der Waals surface area contributed by atoms with E-state index in [4.69, 9.17) is 0 Å². The number of rotatable bonds is 4. The van der Waals surface area contributed by atoms with Gasteiger partial charge < -0.3 is 15.5 Å². The molecule has 1 aromatic carbocycles. The fraction of sp³-hybridized carbons (Fsp3) is 0.619. The minimum Gasteiger partial charge on any atom is -0.352 e. The predicted molar refractivity (Wildman–Crippen MR) is 101 cm³/mol. The summed E-state index contributed by atoms with van der Waals surface area (Å²) in [6.07, 6.45) is 6.73. The lowest BCUT2D eigenvalue weighted by molar-refractivity contribution is -0.123. The smallest absolute Gasteiger partial charge is 0.253 e. The molecule has 0 bridgehead atoms. The molecule has 1 aromatic rings. The fourth-order valence-electron chi connectivity index (χ4n) is 4.55. The lowest BCUT2D eigenvalue weighted by Crippen LogP contribution is -2.35. The van der Waals surface area contributed by atoms with Crippen LogP contribution in [0.5, 0.6) is 0 Å². The van der Waals surface area contributed by atoms with Gasteiger partial charge in [-0.05, 0) is 74.7 Å². The van der Waals surface area contributed by atoms with Crippen molar-refractivity contribution in [2.24, 2.45) is 11.3 Å². The number of likely N-dealkylation sites (tertiary alicyclic amines) is 1. The van der Waals surface area contributed by atoms with Crippen LogP contribution in [-0.4, -0.2) is 42.9 Å². The van der Waals surface area contributed by atoms with Crippen molar-refractivity contribution in [2.45, 2.75) is 45.1 Å². The molecule has 140 valence electrons. The molecule has 1 spiro atoms. The van der Waals surface area contributed by atoms with E-state index in [-0.39, 0.29) is 23.1 Å². The quantitative estimate of drug-likeness (QED) is 0.871. The van der Waals surface area contributed by atoms with Crippen molar-refractivity contribution in [3.63, 3.8) is 0 Å². The maximum atomic E-state index is 12.5. The number of benzene rings is 1. The molecular weight excluding hydrogens is 326 g/mol. The fourth-order valence-corrected chi connectivity index (χ4v) is 4.55. The number of carbonyl (C=O) groups excluding carboxylic acids is 2. The van der Waals surface area contributed by atoms with E-state index in [0.717, 1.165) is 69.4 Å². The van der Waals surface area contributed by atoms with Crippen LogP contribution in [0.15, 0.2) is 24.3 Å². The van der Waals surface area contributed by atoms with Gasteiger partial charge in [0.1, 0.15) is 0 Å². The SMILES string of the molecule is O=C(NCc1ccc(C(=O)N2CCCCC2)cc1)C1CC12CCNCC2. The van der Waals surface area contributed by atoms with E-state index in [9.17, 15) is 9.59 Å². The van der Waals surface area contributed by atoms with Crippen LogP contribution in [0.25, 0.3) is 0 Å². The summed E-state index contributed by atoms with van der Waals surface area (Å²) in [6.45, 7) is 4.36. The molecule has 2 saturated heterocycles. The number of hydrogen-bond donors (Lipinski definition) is 2. The van der Waals surface area contributed by atoms with E-state index in [1.165, 1.54) is 6.42 Å². The Morgan fingerprint density at radius 2 is 1.77 bits per heavy atom. The average Bonchev–Trinajstić information content (AvgIpc) is 3.40. The van der Waals surface area contributed by atoms with Gasteiger partial charge in [-0.3, -0.25) is 9.59 Å². The van der Waals surface area contributed by atoms with Crippen molar-refractivity contribution in [1.29, 1.82) is 0 Å². The average molecular weight is 355 g/mol. The van der Waals surface area contributed by atoms with Crippen molar-refractivity contribution in [2.75, 3.05) is 26.2 Å². The largest absolute Gasteiger partial charge is 0.352 e. The Kier molecular flexibility index (Phi) is 4.98. The summed E-state index contributed by atoms with van der Waals surface area (Å²) in [6, 6.07) is 7.71. The second kappa shape index (κ2) is 7.39. The molecule has 26 heavy (non-hydrogen) atoms. The van der Waals surface area contributed by atoms with E-state index in [1.54, 1.807) is 0 Å². The van der Waals surface area contributed by atoms with Crippen LogP contribution < -0.4 is 10.6 Å². The van der Waals surface area contributed by atoms with Crippen LogP contribution in [0.2, 0.25) is 0 Å². The summed E-state index contributed by atoms with van der Waals surface area (Å²) < 4.78 is 0. The molecule has 5 nitrogen and oxygen atoms in total. The Balaban J connectivity index is 1.28. The second-order valence-corrected chi connectivity index (χ2v) is 8.14. The highest BCUT2D eigenvalue weighted by Gasteiger charge is 2.57. The molecule has 1 aliphatic carbocycles. The summed E-state index contributed by atoms with van der Waals surface area (Å²) in [5, 5.41) is 6.46. The zero-order valence-corrected chi connectivity index (χ0v) is 15.4. The second-order valence-electron chi connectivity index (χ2n) is 8.14. The van der Waals surface area contributed by atoms with Crippen molar-refractivity contribution in [3.8, 4) is 0 Å². The van der Waals surface area contributed by atoms with Gasteiger partial charge in [-0.25, -0.2) is 0 Å². The van der Waals surface area contributed by atoms with Gasteiger partial charge in [0, 0.05) is 31.1 Å². The lowest BCUT2D eigenvalue weighted by Gasteiger charge is -2.26. The van der Waals surface area contributed by atoms with Crippen LogP contribution >= 0.6 is 0 Å². The summed E-state index contributed by atoms with van der Waals surface area (Å²) in [4.78, 5) is 26.9. The molecule has 2 N–H and O–H groups in total. The summed E-state index contributed by atoms with van der Waals surface area (Å²) in [5.74, 6) is 0.524. The summed E-state index contributed by atoms with van der Waals surface area (Å²) in [7, 11) is 0. The Morgan fingerprint density at radius 1 is 1.08 bits per heavy atom. The molecule has 1 saturated carbocycles. The van der Waals surface area contributed by atoms with Gasteiger partial charge in [-0.1, -0.05) is 12.1 Å². The first-order valence-corrected chi connectivity index (χ1v) is 10.0. The molecule has 2 heterocycles. The van der Waals surface area contributed by atoms with E-state index in [2.05, 4.69) is 10.6 Å². The van der Waals surface area contributed by atoms with Gasteiger partial charge >= 0.3 is 0 Å². The predicted octanol–water partition coefficient (Wildman–Crippen LogP) is 2.32. The van der Waals surface area contributed by atoms with Crippen molar-refractivity contribution in [1.82, 2.24) is 15.5 Å². The third kappa shape index (κ3) is 3.63. The zero-order valence-electron chi connectivity index (χ0n) is 15.4. The van der Waals surface area contributed by atoms with E-state index in [1.807, 2.05) is 29.2 Å². The number of nitrogens with zero attached hydrogens (tertiary/aromatic N) is 1. The number of carbonyl (C=O) groups is 2. The highest BCUT2D eigenvalue weighted by Crippen LogP contribution is 2.58. The first-order chi connectivity index (χ1) is 12.7. The third-order valence-electron chi connectivity index (χ3n) is 6.42. The lowest BCUT2D eigenvalue weighted by atomic mass is 9.92. The molecule has 3 aliphatic rings. The van der Waals surface area contributed by atoms with Crippen LogP contribution in [-0.2, 0) is 11.3 Å². The molecular formula is C21H29N3O2. The van der Waals surface area contributed by atoms with E-state index in [0.29, 0.717) is 6.54 Å². The minimum atomic E-state index is 0.131. The standard InChI is InChI=1S/C21H29N3O2/c25-19(18-14-21(18)8-10-22-11-9-21)23-15-16-4-6-17(7-5-16)20(26)24-12-2-1-3-13-24/h4-7,18,22H,1-3,8-15H2,(H,23,25). The van der Waals surface area contributed by atoms with Gasteiger partial charge in [0.25, 0.3) is 5.91 Å². The van der Waals surface area contributed by atoms with Crippen LogP contribution in [0.1, 0.15) is 54.4 Å². The molecule has 1 unspecified atom stereocenters. The molecule has 1 atom stereocenters. The Hall–Kier alpha value is -1.88. The first kappa shape index (κ1) is 17.5. The molecule has 0 radical (unpaired) electrons. The minimum absolute atomic E-state index is 0.131. The van der Waals surface area contributed by atoms with Crippen LogP contribution in [0.4, 0.5) is 0 Å². The van der Waals surface area contributed by atoms with Crippen LogP contribution in [0, 0.1) is 11.3 Å². The molecule has 5 heteroatoms. The Bertz CT molecular complexity index is 658. The van der Waals surface area contributed by atoms with Gasteiger partial charge in [0.2, 0.25) is 5.91 Å². The molecule has 2 aliphatic heterocycles.